The fraction of sp³-hybridized carbons (Fsp3) is 0.400. The first-order chi connectivity index (χ1) is 8.02. The number of hydrogen-bond acceptors (Lipinski definition) is 5. The Hall–Kier alpha value is -2.02. The lowest BCUT2D eigenvalue weighted by Gasteiger charge is -2.03. The van der Waals surface area contributed by atoms with E-state index in [1.54, 1.807) is 6.92 Å². The van der Waals surface area contributed by atoms with Gasteiger partial charge in [-0.25, -0.2) is 9.97 Å². The number of nitrogens with two attached hydrogens (primary N) is 2. The number of H-pyrrole nitrogens is 2. The Morgan fingerprint density at radius 3 is 2.35 bits per heavy atom. The Morgan fingerprint density at radius 2 is 1.76 bits per heavy atom. The lowest BCUT2D eigenvalue weighted by atomic mass is 10.1. The molecule has 7 nitrogen and oxygen atoms in total. The Labute approximate surface area is 98.3 Å². The lowest BCUT2D eigenvalue weighted by molar-refractivity contribution is 0.195. The summed E-state index contributed by atoms with van der Waals surface area (Å²) in [5, 5.41) is 9.65. The van der Waals surface area contributed by atoms with Crippen LogP contribution in [0.25, 0.3) is 11.4 Å². The van der Waals surface area contributed by atoms with Crippen molar-refractivity contribution in [1.29, 1.82) is 0 Å². The average Bonchev–Trinajstić information content (AvgIpc) is 2.81. The summed E-state index contributed by atoms with van der Waals surface area (Å²) in [6.45, 7) is 3.62. The van der Waals surface area contributed by atoms with Gasteiger partial charge < -0.3 is 26.5 Å². The van der Waals surface area contributed by atoms with Crippen LogP contribution in [0.1, 0.15) is 31.3 Å². The van der Waals surface area contributed by atoms with Crippen LogP contribution in [0.3, 0.4) is 0 Å². The van der Waals surface area contributed by atoms with E-state index in [2.05, 4.69) is 19.9 Å². The van der Waals surface area contributed by atoms with Gasteiger partial charge in [0.15, 0.2) is 11.9 Å². The smallest absolute Gasteiger partial charge is 0.198 e. The minimum absolute atomic E-state index is 0.250. The number of nitrogens with zero attached hydrogens (tertiary/aromatic N) is 2. The molecule has 0 saturated heterocycles. The summed E-state index contributed by atoms with van der Waals surface area (Å²) in [4.78, 5) is 14.1. The number of anilines is 2. The zero-order valence-corrected chi connectivity index (χ0v) is 9.78. The van der Waals surface area contributed by atoms with Crippen LogP contribution < -0.4 is 11.5 Å². The van der Waals surface area contributed by atoms with Crippen LogP contribution in [-0.4, -0.2) is 25.0 Å². The molecule has 2 aromatic heterocycles. The van der Waals surface area contributed by atoms with Crippen LogP contribution in [0.15, 0.2) is 0 Å². The summed E-state index contributed by atoms with van der Waals surface area (Å²) in [6, 6.07) is 0. The molecule has 2 heterocycles. The first-order valence-corrected chi connectivity index (χ1v) is 5.41. The van der Waals surface area contributed by atoms with Crippen LogP contribution in [0.5, 0.6) is 0 Å². The highest BCUT2D eigenvalue weighted by Crippen LogP contribution is 2.28. The molecule has 1 unspecified atom stereocenters. The Kier molecular flexibility index (Phi) is 2.76. The number of aliphatic hydroxyl groups is 1. The summed E-state index contributed by atoms with van der Waals surface area (Å²) < 4.78 is 0. The van der Waals surface area contributed by atoms with Gasteiger partial charge in [-0.1, -0.05) is 6.92 Å². The van der Waals surface area contributed by atoms with Gasteiger partial charge in [0.25, 0.3) is 0 Å². The number of aromatic amines is 2. The van der Waals surface area contributed by atoms with Crippen LogP contribution in [-0.2, 0) is 6.42 Å². The van der Waals surface area contributed by atoms with Gasteiger partial charge in [0.1, 0.15) is 11.4 Å². The second-order valence-electron chi connectivity index (χ2n) is 3.86. The molecule has 0 aromatic carbocycles. The maximum Gasteiger partial charge on any atom is 0.198 e. The van der Waals surface area contributed by atoms with E-state index < -0.39 is 6.10 Å². The van der Waals surface area contributed by atoms with E-state index in [4.69, 9.17) is 11.5 Å². The second-order valence-corrected chi connectivity index (χ2v) is 3.86. The van der Waals surface area contributed by atoms with Gasteiger partial charge in [-0.05, 0) is 13.3 Å². The largest absolute Gasteiger partial charge is 0.387 e. The SMILES string of the molecule is CCc1[nH]c(N)nc1-c1nc(N)[nH]c1C(C)O. The van der Waals surface area contributed by atoms with Crippen LogP contribution in [0.2, 0.25) is 0 Å². The molecule has 7 N–H and O–H groups in total. The van der Waals surface area contributed by atoms with Crippen molar-refractivity contribution < 1.29 is 5.11 Å². The Balaban J connectivity index is 2.59. The molecule has 0 aliphatic heterocycles. The number of aromatic nitrogens is 4. The van der Waals surface area contributed by atoms with Gasteiger partial charge in [-0.2, -0.15) is 0 Å². The normalized spacial score (nSPS) is 12.9. The molecular formula is C10H16N6O. The highest BCUT2D eigenvalue weighted by Gasteiger charge is 2.20. The zero-order chi connectivity index (χ0) is 12.6. The van der Waals surface area contributed by atoms with Crippen LogP contribution >= 0.6 is 0 Å². The van der Waals surface area contributed by atoms with Gasteiger partial charge in [0, 0.05) is 5.69 Å². The number of hydrogen-bond donors (Lipinski definition) is 5. The number of imidazole rings is 2. The number of nitrogens with one attached hydrogen (secondary N) is 2. The van der Waals surface area contributed by atoms with Gasteiger partial charge in [-0.3, -0.25) is 0 Å². The fourth-order valence-corrected chi connectivity index (χ4v) is 1.77. The molecule has 92 valence electrons. The van der Waals surface area contributed by atoms with Crippen LogP contribution in [0, 0.1) is 0 Å². The predicted molar refractivity (Wildman–Crippen MR) is 65.0 cm³/mol. The molecule has 1 atom stereocenters. The fourth-order valence-electron chi connectivity index (χ4n) is 1.77. The number of rotatable bonds is 3. The maximum absolute atomic E-state index is 9.65. The van der Waals surface area contributed by atoms with E-state index in [9.17, 15) is 5.11 Å². The predicted octanol–water partition coefficient (Wildman–Crippen LogP) is 0.580. The molecule has 0 saturated carbocycles. The van der Waals surface area contributed by atoms with E-state index in [0.717, 1.165) is 12.1 Å². The van der Waals surface area contributed by atoms with Gasteiger partial charge in [0.05, 0.1) is 11.8 Å². The van der Waals surface area contributed by atoms with Gasteiger partial charge >= 0.3 is 0 Å². The third kappa shape index (κ3) is 1.96. The Morgan fingerprint density at radius 1 is 1.18 bits per heavy atom. The monoisotopic (exact) mass is 236 g/mol. The molecule has 0 bridgehead atoms. The van der Waals surface area contributed by atoms with Crippen molar-refractivity contribution in [1.82, 2.24) is 19.9 Å². The summed E-state index contributed by atoms with van der Waals surface area (Å²) in [5.41, 5.74) is 13.8. The first kappa shape index (κ1) is 11.5. The third-order valence-corrected chi connectivity index (χ3v) is 2.54. The van der Waals surface area contributed by atoms with Crippen molar-refractivity contribution in [3.63, 3.8) is 0 Å². The highest BCUT2D eigenvalue weighted by molar-refractivity contribution is 5.64. The van der Waals surface area contributed by atoms with E-state index in [1.165, 1.54) is 0 Å². The molecule has 2 rings (SSSR count). The molecular weight excluding hydrogens is 220 g/mol. The van der Waals surface area contributed by atoms with Crippen molar-refractivity contribution in [2.45, 2.75) is 26.4 Å². The molecule has 0 spiro atoms. The quantitative estimate of drug-likeness (QED) is 0.532. The standard InChI is InChI=1S/C10H16N6O/c1-3-5-7(15-9(11)13-5)8-6(4(2)17)14-10(12)16-8/h4,17H,3H2,1-2H3,(H3,11,13,15)(H3,12,14,16). The van der Waals surface area contributed by atoms with E-state index in [0.29, 0.717) is 23.0 Å². The Bertz CT molecular complexity index is 527. The first-order valence-electron chi connectivity index (χ1n) is 5.41. The third-order valence-electron chi connectivity index (χ3n) is 2.54. The average molecular weight is 236 g/mol. The molecule has 7 heteroatoms. The zero-order valence-electron chi connectivity index (χ0n) is 9.78. The van der Waals surface area contributed by atoms with Crippen molar-refractivity contribution in [2.75, 3.05) is 11.5 Å². The maximum atomic E-state index is 9.65. The van der Waals surface area contributed by atoms with E-state index in [1.807, 2.05) is 6.92 Å². The molecule has 17 heavy (non-hydrogen) atoms. The summed E-state index contributed by atoms with van der Waals surface area (Å²) in [7, 11) is 0. The summed E-state index contributed by atoms with van der Waals surface area (Å²) in [5.74, 6) is 0.578. The minimum atomic E-state index is -0.697. The topological polar surface area (TPSA) is 130 Å². The number of aryl methyl sites for hydroxylation is 1. The van der Waals surface area contributed by atoms with Crippen LogP contribution in [0.4, 0.5) is 11.9 Å². The minimum Gasteiger partial charge on any atom is -0.387 e. The van der Waals surface area contributed by atoms with E-state index >= 15 is 0 Å². The van der Waals surface area contributed by atoms with Crippen molar-refractivity contribution >= 4 is 11.9 Å². The molecule has 0 aliphatic rings. The molecule has 0 fully saturated rings. The van der Waals surface area contributed by atoms with Gasteiger partial charge in [-0.15, -0.1) is 0 Å². The molecule has 0 aliphatic carbocycles. The highest BCUT2D eigenvalue weighted by atomic mass is 16.3. The van der Waals surface area contributed by atoms with Crippen molar-refractivity contribution in [3.05, 3.63) is 11.4 Å². The van der Waals surface area contributed by atoms with Gasteiger partial charge in [0.2, 0.25) is 0 Å². The summed E-state index contributed by atoms with van der Waals surface area (Å²) >= 11 is 0. The lowest BCUT2D eigenvalue weighted by Crippen LogP contribution is -1.96. The van der Waals surface area contributed by atoms with E-state index in [-0.39, 0.29) is 5.95 Å². The molecule has 0 radical (unpaired) electrons. The van der Waals surface area contributed by atoms with Crippen molar-refractivity contribution in [2.24, 2.45) is 0 Å². The number of aliphatic hydroxyl groups excluding tert-OH is 1. The summed E-state index contributed by atoms with van der Waals surface area (Å²) in [6.07, 6.45) is 0.0448. The molecule has 0 amide bonds. The number of nitrogen functional groups attached to an aromatic ring is 2. The second kappa shape index (κ2) is 4.10. The molecule has 2 aromatic rings. The van der Waals surface area contributed by atoms with Crippen molar-refractivity contribution in [3.8, 4) is 11.4 Å².